The molecule has 0 radical (unpaired) electrons. The van der Waals surface area contributed by atoms with Gasteiger partial charge in [0.25, 0.3) is 0 Å². The fourth-order valence-electron chi connectivity index (χ4n) is 4.00. The summed E-state index contributed by atoms with van der Waals surface area (Å²) in [7, 11) is 0. The Morgan fingerprint density at radius 1 is 0.774 bits per heavy atom. The van der Waals surface area contributed by atoms with E-state index < -0.39 is 0 Å². The number of epoxide rings is 2. The molecule has 0 amide bonds. The van der Waals surface area contributed by atoms with Crippen LogP contribution in [0.2, 0.25) is 0 Å². The Morgan fingerprint density at radius 2 is 1.23 bits per heavy atom. The Morgan fingerprint density at radius 3 is 1.61 bits per heavy atom. The maximum absolute atomic E-state index is 6.21. The highest BCUT2D eigenvalue weighted by Gasteiger charge is 2.25. The van der Waals surface area contributed by atoms with Crippen molar-refractivity contribution in [3.63, 3.8) is 0 Å². The molecule has 3 heterocycles. The lowest BCUT2D eigenvalue weighted by atomic mass is 10.0. The van der Waals surface area contributed by atoms with E-state index >= 15 is 0 Å². The molecule has 5 heteroatoms. The van der Waals surface area contributed by atoms with E-state index in [-0.39, 0.29) is 12.2 Å². The highest BCUT2D eigenvalue weighted by atomic mass is 32.1. The lowest BCUT2D eigenvalue weighted by Gasteiger charge is -2.12. The Hall–Kier alpha value is -1.82. The average Bonchev–Trinajstić information content (AvgIpc) is 3.70. The van der Waals surface area contributed by atoms with Crippen molar-refractivity contribution >= 4 is 31.5 Å². The van der Waals surface area contributed by atoms with Gasteiger partial charge in [-0.05, 0) is 61.1 Å². The molecule has 0 N–H and O–H groups in total. The van der Waals surface area contributed by atoms with Gasteiger partial charge in [0.15, 0.2) is 0 Å². The van der Waals surface area contributed by atoms with E-state index in [0.717, 1.165) is 37.6 Å². The molecule has 2 aliphatic rings. The van der Waals surface area contributed by atoms with E-state index in [4.69, 9.17) is 18.9 Å². The number of hydrogen-bond acceptors (Lipinski definition) is 5. The van der Waals surface area contributed by atoms with Crippen molar-refractivity contribution in [2.75, 3.05) is 26.4 Å². The van der Waals surface area contributed by atoms with Crippen molar-refractivity contribution in [1.29, 1.82) is 0 Å². The normalized spacial score (nSPS) is 19.8. The van der Waals surface area contributed by atoms with Crippen LogP contribution >= 0.6 is 11.3 Å². The third-order valence-electron chi connectivity index (χ3n) is 6.09. The van der Waals surface area contributed by atoms with Crippen LogP contribution in [0.15, 0.2) is 24.3 Å². The van der Waals surface area contributed by atoms with Gasteiger partial charge in [-0.25, -0.2) is 0 Å². The van der Waals surface area contributed by atoms with Crippen LogP contribution in [0.1, 0.15) is 50.7 Å². The Labute approximate surface area is 188 Å². The molecule has 4 nitrogen and oxygen atoms in total. The van der Waals surface area contributed by atoms with Crippen LogP contribution in [0.25, 0.3) is 20.2 Å². The van der Waals surface area contributed by atoms with Crippen LogP contribution < -0.4 is 9.47 Å². The van der Waals surface area contributed by atoms with Crippen LogP contribution in [-0.2, 0) is 22.3 Å². The maximum atomic E-state index is 6.21. The van der Waals surface area contributed by atoms with Gasteiger partial charge in [0.05, 0.1) is 13.2 Å². The molecule has 0 aliphatic carbocycles. The Kier molecular flexibility index (Phi) is 6.35. The lowest BCUT2D eigenvalue weighted by Crippen LogP contribution is -2.06. The minimum absolute atomic E-state index is 0.264. The molecule has 0 bridgehead atoms. The lowest BCUT2D eigenvalue weighted by molar-refractivity contribution is 0.261. The van der Waals surface area contributed by atoms with Crippen molar-refractivity contribution in [3.05, 3.63) is 35.4 Å². The van der Waals surface area contributed by atoms with E-state index in [0.29, 0.717) is 13.2 Å². The Bertz CT molecular complexity index is 966. The van der Waals surface area contributed by atoms with Gasteiger partial charge in [0.2, 0.25) is 0 Å². The molecule has 2 aromatic carbocycles. The summed E-state index contributed by atoms with van der Waals surface area (Å²) in [5.41, 5.74) is 2.63. The summed E-state index contributed by atoms with van der Waals surface area (Å²) in [4.78, 5) is 0. The first-order valence-corrected chi connectivity index (χ1v) is 12.6. The minimum Gasteiger partial charge on any atom is -0.490 e. The van der Waals surface area contributed by atoms with E-state index in [1.807, 2.05) is 11.3 Å². The van der Waals surface area contributed by atoms with E-state index in [9.17, 15) is 0 Å². The first-order valence-electron chi connectivity index (χ1n) is 11.8. The second-order valence-corrected chi connectivity index (χ2v) is 9.84. The quantitative estimate of drug-likeness (QED) is 0.310. The van der Waals surface area contributed by atoms with Gasteiger partial charge in [0.1, 0.15) is 36.9 Å². The number of fused-ring (bicyclic) bond motifs is 3. The molecule has 0 spiro atoms. The molecule has 0 saturated carbocycles. The van der Waals surface area contributed by atoms with Gasteiger partial charge >= 0.3 is 0 Å². The van der Waals surface area contributed by atoms with Crippen molar-refractivity contribution in [1.82, 2.24) is 0 Å². The third-order valence-corrected chi connectivity index (χ3v) is 7.20. The molecular weight excluding hydrogens is 408 g/mol. The summed E-state index contributed by atoms with van der Waals surface area (Å²) in [5, 5.41) is 2.53. The summed E-state index contributed by atoms with van der Waals surface area (Å²) in [6, 6.07) is 9.20. The zero-order valence-electron chi connectivity index (χ0n) is 18.6. The van der Waals surface area contributed by atoms with Gasteiger partial charge in [-0.15, -0.1) is 11.3 Å². The van der Waals surface area contributed by atoms with Gasteiger partial charge in [-0.2, -0.15) is 0 Å². The second kappa shape index (κ2) is 9.35. The van der Waals surface area contributed by atoms with E-state index in [1.165, 1.54) is 57.0 Å². The maximum Gasteiger partial charge on any atom is 0.123 e. The van der Waals surface area contributed by atoms with Crippen molar-refractivity contribution in [2.45, 2.75) is 64.6 Å². The zero-order valence-corrected chi connectivity index (χ0v) is 19.4. The van der Waals surface area contributed by atoms with Gasteiger partial charge in [-0.1, -0.05) is 26.7 Å². The molecule has 2 fully saturated rings. The minimum atomic E-state index is 0.264. The van der Waals surface area contributed by atoms with Gasteiger partial charge in [0, 0.05) is 20.2 Å². The van der Waals surface area contributed by atoms with Crippen LogP contribution in [0.4, 0.5) is 0 Å². The predicted molar refractivity (Wildman–Crippen MR) is 127 cm³/mol. The third kappa shape index (κ3) is 5.00. The standard InChI is InChI=1S/C26H32O4S/c1-3-5-7-17-9-25-21(11-23(17)29-15-19-13-27-19)22-12-24(30-16-20-14-28-20)18(8-6-4-2)10-26(22)31-25/h9-12,19-20H,3-8,13-16H2,1-2H3. The topological polar surface area (TPSA) is 43.5 Å². The smallest absolute Gasteiger partial charge is 0.123 e. The van der Waals surface area contributed by atoms with Crippen molar-refractivity contribution in [2.24, 2.45) is 0 Å². The molecule has 3 aromatic rings. The predicted octanol–water partition coefficient (Wildman–Crippen LogP) is 6.29. The molecular formula is C26H32O4S. The molecule has 1 aromatic heterocycles. The first kappa shape index (κ1) is 21.0. The second-order valence-electron chi connectivity index (χ2n) is 8.75. The summed E-state index contributed by atoms with van der Waals surface area (Å²) < 4.78 is 25.8. The number of hydrogen-bond donors (Lipinski definition) is 0. The van der Waals surface area contributed by atoms with E-state index in [2.05, 4.69) is 38.1 Å². The zero-order chi connectivity index (χ0) is 21.2. The highest BCUT2D eigenvalue weighted by Crippen LogP contribution is 2.41. The summed E-state index contributed by atoms with van der Waals surface area (Å²) in [6.07, 6.45) is 7.35. The van der Waals surface area contributed by atoms with Crippen LogP contribution in [0.5, 0.6) is 11.5 Å². The largest absolute Gasteiger partial charge is 0.490 e. The first-order chi connectivity index (χ1) is 15.2. The molecule has 2 unspecified atom stereocenters. The molecule has 2 aliphatic heterocycles. The number of aryl methyl sites for hydroxylation is 2. The summed E-state index contributed by atoms with van der Waals surface area (Å²) in [6.45, 7) is 7.40. The Balaban J connectivity index is 1.54. The highest BCUT2D eigenvalue weighted by molar-refractivity contribution is 7.25. The summed E-state index contributed by atoms with van der Waals surface area (Å²) >= 11 is 1.89. The number of thiophene rings is 1. The number of unbranched alkanes of at least 4 members (excludes halogenated alkanes) is 2. The number of rotatable bonds is 12. The van der Waals surface area contributed by atoms with Crippen molar-refractivity contribution < 1.29 is 18.9 Å². The van der Waals surface area contributed by atoms with Crippen molar-refractivity contribution in [3.8, 4) is 11.5 Å². The molecule has 5 rings (SSSR count). The molecule has 2 saturated heterocycles. The fraction of sp³-hybridized carbons (Fsp3) is 0.538. The molecule has 166 valence electrons. The van der Waals surface area contributed by atoms with Crippen LogP contribution in [0, 0.1) is 0 Å². The van der Waals surface area contributed by atoms with E-state index in [1.54, 1.807) is 0 Å². The number of ether oxygens (including phenoxy) is 4. The average molecular weight is 441 g/mol. The monoisotopic (exact) mass is 440 g/mol. The van der Waals surface area contributed by atoms with Crippen LogP contribution in [-0.4, -0.2) is 38.6 Å². The molecule has 31 heavy (non-hydrogen) atoms. The molecule has 2 atom stereocenters. The number of benzene rings is 2. The van der Waals surface area contributed by atoms with Gasteiger partial charge < -0.3 is 18.9 Å². The van der Waals surface area contributed by atoms with Crippen LogP contribution in [0.3, 0.4) is 0 Å². The summed E-state index contributed by atoms with van der Waals surface area (Å²) in [5.74, 6) is 2.03. The SMILES string of the molecule is CCCCc1cc2sc3cc(CCCC)c(OCC4CO4)cc3c2cc1OCC1CO1. The fourth-order valence-corrected chi connectivity index (χ4v) is 5.20. The van der Waals surface area contributed by atoms with Gasteiger partial charge in [-0.3, -0.25) is 0 Å².